The summed E-state index contributed by atoms with van der Waals surface area (Å²) in [5, 5.41) is 16.1. The zero-order chi connectivity index (χ0) is 16.1. The molecule has 0 aliphatic carbocycles. The fourth-order valence-corrected chi connectivity index (χ4v) is 2.59. The molecule has 122 valence electrons. The van der Waals surface area contributed by atoms with E-state index < -0.39 is 0 Å². The van der Waals surface area contributed by atoms with E-state index in [1.807, 2.05) is 24.3 Å². The molecule has 0 radical (unpaired) electrons. The maximum atomic E-state index is 12.0. The number of hydrogen-bond acceptors (Lipinski definition) is 4. The first-order chi connectivity index (χ1) is 11.3. The van der Waals surface area contributed by atoms with Crippen LogP contribution in [-0.4, -0.2) is 36.4 Å². The van der Waals surface area contributed by atoms with Gasteiger partial charge in [-0.05, 0) is 24.1 Å². The Morgan fingerprint density at radius 1 is 1.35 bits per heavy atom. The zero-order valence-corrected chi connectivity index (χ0v) is 13.1. The molecular weight excluding hydrogens is 294 g/mol. The van der Waals surface area contributed by atoms with E-state index in [-0.39, 0.29) is 6.03 Å². The molecule has 0 atom stereocenters. The number of aromatic nitrogens is 2. The number of urea groups is 1. The number of H-pyrrole nitrogens is 1. The van der Waals surface area contributed by atoms with Gasteiger partial charge in [-0.2, -0.15) is 5.10 Å². The Morgan fingerprint density at radius 3 is 2.96 bits per heavy atom. The number of rotatable bonds is 5. The lowest BCUT2D eigenvalue weighted by Crippen LogP contribution is -2.31. The molecule has 2 heterocycles. The number of aromatic amines is 1. The van der Waals surface area contributed by atoms with Crippen LogP contribution in [0.2, 0.25) is 0 Å². The van der Waals surface area contributed by atoms with Gasteiger partial charge in [0.25, 0.3) is 0 Å². The average Bonchev–Trinajstić information content (AvgIpc) is 2.99. The normalized spacial score (nSPS) is 13.3. The Morgan fingerprint density at radius 2 is 2.17 bits per heavy atom. The maximum Gasteiger partial charge on any atom is 0.320 e. The highest BCUT2D eigenvalue weighted by molar-refractivity contribution is 5.89. The first-order valence-electron chi connectivity index (χ1n) is 7.71. The van der Waals surface area contributed by atoms with Crippen molar-refractivity contribution in [1.29, 1.82) is 0 Å². The lowest BCUT2D eigenvalue weighted by molar-refractivity contribution is 0.252. The topological polar surface area (TPSA) is 91.1 Å². The highest BCUT2D eigenvalue weighted by atomic mass is 16.5. The van der Waals surface area contributed by atoms with E-state index in [1.54, 1.807) is 7.11 Å². The highest BCUT2D eigenvalue weighted by Crippen LogP contribution is 2.19. The fraction of sp³-hybridized carbons (Fsp3) is 0.375. The summed E-state index contributed by atoms with van der Waals surface area (Å²) in [6.07, 6.45) is 1.67. The smallest absolute Gasteiger partial charge is 0.320 e. The van der Waals surface area contributed by atoms with E-state index in [2.05, 4.69) is 26.1 Å². The van der Waals surface area contributed by atoms with E-state index >= 15 is 0 Å². The van der Waals surface area contributed by atoms with Gasteiger partial charge in [-0.15, -0.1) is 0 Å². The van der Waals surface area contributed by atoms with E-state index in [1.165, 1.54) is 0 Å². The molecule has 7 heteroatoms. The monoisotopic (exact) mass is 315 g/mol. The summed E-state index contributed by atoms with van der Waals surface area (Å²) in [4.78, 5) is 12.0. The third kappa shape index (κ3) is 3.81. The number of benzene rings is 1. The van der Waals surface area contributed by atoms with Crippen molar-refractivity contribution in [3.8, 4) is 5.75 Å². The van der Waals surface area contributed by atoms with E-state index in [4.69, 9.17) is 4.74 Å². The van der Waals surface area contributed by atoms with Gasteiger partial charge in [0.2, 0.25) is 0 Å². The van der Waals surface area contributed by atoms with Crippen LogP contribution in [0.4, 0.5) is 10.6 Å². The number of anilines is 1. The number of amides is 2. The number of fused-ring (bicyclic) bond motifs is 1. The molecule has 0 spiro atoms. The van der Waals surface area contributed by atoms with Gasteiger partial charge in [0.15, 0.2) is 5.82 Å². The van der Waals surface area contributed by atoms with Crippen LogP contribution in [0, 0.1) is 0 Å². The molecule has 0 saturated heterocycles. The Kier molecular flexibility index (Phi) is 4.77. The van der Waals surface area contributed by atoms with Gasteiger partial charge in [0.05, 0.1) is 7.11 Å². The van der Waals surface area contributed by atoms with Crippen molar-refractivity contribution in [2.45, 2.75) is 19.4 Å². The molecular formula is C16H21N5O2. The van der Waals surface area contributed by atoms with Crippen LogP contribution < -0.4 is 20.7 Å². The van der Waals surface area contributed by atoms with Crippen LogP contribution in [0.5, 0.6) is 5.75 Å². The Balaban J connectivity index is 1.47. The van der Waals surface area contributed by atoms with Crippen LogP contribution in [0.25, 0.3) is 0 Å². The number of carbonyl (C=O) groups excluding carboxylic acids is 1. The highest BCUT2D eigenvalue weighted by Gasteiger charge is 2.17. The van der Waals surface area contributed by atoms with Gasteiger partial charge in [-0.25, -0.2) is 4.79 Å². The maximum absolute atomic E-state index is 12.0. The van der Waals surface area contributed by atoms with Crippen LogP contribution in [-0.2, 0) is 19.4 Å². The Bertz CT molecular complexity index is 666. The second-order valence-electron chi connectivity index (χ2n) is 5.44. The minimum absolute atomic E-state index is 0.238. The molecule has 1 aliphatic rings. The summed E-state index contributed by atoms with van der Waals surface area (Å²) < 4.78 is 5.12. The van der Waals surface area contributed by atoms with Crippen molar-refractivity contribution in [3.63, 3.8) is 0 Å². The predicted octanol–water partition coefficient (Wildman–Crippen LogP) is 1.43. The van der Waals surface area contributed by atoms with Crippen molar-refractivity contribution in [3.05, 3.63) is 41.1 Å². The molecule has 4 N–H and O–H groups in total. The lowest BCUT2D eigenvalue weighted by atomic mass is 10.1. The first-order valence-corrected chi connectivity index (χ1v) is 7.71. The number of nitrogens with one attached hydrogen (secondary N) is 4. The minimum Gasteiger partial charge on any atom is -0.497 e. The second kappa shape index (κ2) is 7.15. The number of carbonyl (C=O) groups is 1. The summed E-state index contributed by atoms with van der Waals surface area (Å²) in [6, 6.07) is 7.58. The van der Waals surface area contributed by atoms with Gasteiger partial charge in [-0.1, -0.05) is 12.1 Å². The van der Waals surface area contributed by atoms with Crippen molar-refractivity contribution in [2.75, 3.05) is 25.5 Å². The molecule has 1 aliphatic heterocycles. The molecule has 1 aromatic carbocycles. The molecule has 7 nitrogen and oxygen atoms in total. The molecule has 0 unspecified atom stereocenters. The molecule has 3 rings (SSSR count). The molecule has 0 bridgehead atoms. The number of ether oxygens (including phenoxy) is 1. The van der Waals surface area contributed by atoms with E-state index in [0.717, 1.165) is 48.5 Å². The Hall–Kier alpha value is -2.54. The van der Waals surface area contributed by atoms with Crippen molar-refractivity contribution < 1.29 is 9.53 Å². The summed E-state index contributed by atoms with van der Waals surface area (Å²) in [7, 11) is 1.64. The van der Waals surface area contributed by atoms with Crippen molar-refractivity contribution in [1.82, 2.24) is 20.8 Å². The predicted molar refractivity (Wildman–Crippen MR) is 87.7 cm³/mol. The quantitative estimate of drug-likeness (QED) is 0.672. The van der Waals surface area contributed by atoms with Crippen LogP contribution >= 0.6 is 0 Å². The van der Waals surface area contributed by atoms with Gasteiger partial charge in [-0.3, -0.25) is 10.4 Å². The van der Waals surface area contributed by atoms with Crippen LogP contribution in [0.3, 0.4) is 0 Å². The molecule has 0 saturated carbocycles. The van der Waals surface area contributed by atoms with Gasteiger partial charge >= 0.3 is 6.03 Å². The minimum atomic E-state index is -0.238. The molecule has 2 aromatic rings. The van der Waals surface area contributed by atoms with E-state index in [9.17, 15) is 4.79 Å². The van der Waals surface area contributed by atoms with Crippen LogP contribution in [0.15, 0.2) is 24.3 Å². The van der Waals surface area contributed by atoms with Crippen LogP contribution in [0.1, 0.15) is 16.8 Å². The van der Waals surface area contributed by atoms with Gasteiger partial charge < -0.3 is 15.4 Å². The summed E-state index contributed by atoms with van der Waals surface area (Å²) in [5.74, 6) is 1.44. The van der Waals surface area contributed by atoms with E-state index in [0.29, 0.717) is 12.4 Å². The van der Waals surface area contributed by atoms with Crippen molar-refractivity contribution >= 4 is 11.8 Å². The summed E-state index contributed by atoms with van der Waals surface area (Å²) >= 11 is 0. The van der Waals surface area contributed by atoms with Gasteiger partial charge in [0, 0.05) is 37.3 Å². The molecule has 0 fully saturated rings. The fourth-order valence-electron chi connectivity index (χ4n) is 2.59. The SMILES string of the molecule is COc1ccc(CCNC(=O)Nc2n[nH]c3c2CNCC3)cc1. The molecule has 23 heavy (non-hydrogen) atoms. The second-order valence-corrected chi connectivity index (χ2v) is 5.44. The van der Waals surface area contributed by atoms with Gasteiger partial charge in [0.1, 0.15) is 5.75 Å². The van der Waals surface area contributed by atoms with Crippen molar-refractivity contribution in [2.24, 2.45) is 0 Å². The zero-order valence-electron chi connectivity index (χ0n) is 13.1. The molecule has 1 aromatic heterocycles. The number of nitrogens with zero attached hydrogens (tertiary/aromatic N) is 1. The largest absolute Gasteiger partial charge is 0.497 e. The number of hydrogen-bond donors (Lipinski definition) is 4. The lowest BCUT2D eigenvalue weighted by Gasteiger charge is -2.13. The molecule has 2 amide bonds. The summed E-state index contributed by atoms with van der Waals surface area (Å²) in [6.45, 7) is 2.22. The average molecular weight is 315 g/mol. The standard InChI is InChI=1S/C16H21N5O2/c1-23-12-4-2-11(3-5-12)6-9-18-16(22)19-15-13-10-17-8-7-14(13)20-21-15/h2-5,17H,6-10H2,1H3,(H3,18,19,20,21,22). The first kappa shape index (κ1) is 15.4. The summed E-state index contributed by atoms with van der Waals surface area (Å²) in [5.41, 5.74) is 3.28. The Labute approximate surface area is 134 Å². The third-order valence-electron chi connectivity index (χ3n) is 3.90. The number of methoxy groups -OCH3 is 1. The third-order valence-corrected chi connectivity index (χ3v) is 3.90.